The number of phosphoric acid groups is 1. The van der Waals surface area contributed by atoms with E-state index in [0.29, 0.717) is 17.4 Å². The largest absolute Gasteiger partial charge is 0.472 e. The van der Waals surface area contributed by atoms with Crippen LogP contribution >= 0.6 is 7.82 Å². The summed E-state index contributed by atoms with van der Waals surface area (Å²) >= 11 is 0. The van der Waals surface area contributed by atoms with E-state index in [1.54, 1.807) is 6.08 Å². The van der Waals surface area contributed by atoms with Gasteiger partial charge in [-0.25, -0.2) is 4.57 Å². The van der Waals surface area contributed by atoms with Gasteiger partial charge in [0.2, 0.25) is 5.91 Å². The quantitative estimate of drug-likeness (QED) is 0.0243. The molecule has 9 heteroatoms. The molecule has 0 radical (unpaired) electrons. The molecule has 0 aromatic carbocycles. The summed E-state index contributed by atoms with van der Waals surface area (Å²) in [5, 5.41) is 13.9. The highest BCUT2D eigenvalue weighted by molar-refractivity contribution is 7.47. The molecule has 70 heavy (non-hydrogen) atoms. The number of aliphatic hydroxyl groups is 1. The minimum Gasteiger partial charge on any atom is -0.387 e. The fourth-order valence-electron chi connectivity index (χ4n) is 9.33. The average molecular weight is 1010 g/mol. The van der Waals surface area contributed by atoms with E-state index in [9.17, 15) is 19.4 Å². The molecule has 0 aliphatic heterocycles. The van der Waals surface area contributed by atoms with Crippen molar-refractivity contribution in [2.75, 3.05) is 40.9 Å². The molecule has 0 aromatic heterocycles. The van der Waals surface area contributed by atoms with Gasteiger partial charge in [0.05, 0.1) is 39.9 Å². The summed E-state index contributed by atoms with van der Waals surface area (Å²) in [7, 11) is 1.58. The lowest BCUT2D eigenvalue weighted by molar-refractivity contribution is -0.870. The van der Waals surface area contributed by atoms with Gasteiger partial charge < -0.3 is 19.8 Å². The molecular formula is C61H122N2O6P+. The van der Waals surface area contributed by atoms with Crippen molar-refractivity contribution in [2.24, 2.45) is 0 Å². The predicted molar refractivity (Wildman–Crippen MR) is 305 cm³/mol. The van der Waals surface area contributed by atoms with Gasteiger partial charge in [0.15, 0.2) is 0 Å². The molecule has 0 fully saturated rings. The molecule has 8 nitrogen and oxygen atoms in total. The fraction of sp³-hybridized carbons (Fsp3) is 0.918. The van der Waals surface area contributed by atoms with Crippen LogP contribution in [0.2, 0.25) is 0 Å². The number of carbonyl (C=O) groups excluding carboxylic acids is 1. The summed E-state index contributed by atoms with van der Waals surface area (Å²) in [5.41, 5.74) is 0. The number of likely N-dealkylation sites (N-methyl/N-ethyl adjacent to an activating group) is 1. The molecule has 3 atom stereocenters. The molecule has 0 spiro atoms. The maximum Gasteiger partial charge on any atom is 0.472 e. The van der Waals surface area contributed by atoms with E-state index in [-0.39, 0.29) is 19.1 Å². The third-order valence-corrected chi connectivity index (χ3v) is 15.1. The number of unbranched alkanes of at least 4 members (excludes halogenated alkanes) is 42. The molecule has 0 aliphatic carbocycles. The molecular weight excluding hydrogens is 888 g/mol. The Kier molecular flexibility index (Phi) is 52.1. The van der Waals surface area contributed by atoms with E-state index in [2.05, 4.69) is 31.3 Å². The van der Waals surface area contributed by atoms with Crippen molar-refractivity contribution in [1.29, 1.82) is 0 Å². The van der Waals surface area contributed by atoms with E-state index < -0.39 is 20.0 Å². The van der Waals surface area contributed by atoms with Crippen LogP contribution in [0.3, 0.4) is 0 Å². The lowest BCUT2D eigenvalue weighted by Crippen LogP contribution is -2.45. The molecule has 0 bridgehead atoms. The van der Waals surface area contributed by atoms with Gasteiger partial charge in [-0.2, -0.15) is 0 Å². The first-order chi connectivity index (χ1) is 34.0. The summed E-state index contributed by atoms with van der Waals surface area (Å²) in [6, 6.07) is -0.850. The van der Waals surface area contributed by atoms with Crippen molar-refractivity contribution in [3.63, 3.8) is 0 Å². The number of nitrogens with zero attached hydrogens (tertiary/aromatic N) is 1. The van der Waals surface area contributed by atoms with Crippen molar-refractivity contribution < 1.29 is 32.9 Å². The van der Waals surface area contributed by atoms with Gasteiger partial charge in [-0.05, 0) is 44.9 Å². The number of quaternary nitrogens is 1. The first-order valence-electron chi connectivity index (χ1n) is 30.7. The summed E-state index contributed by atoms with van der Waals surface area (Å²) in [4.78, 5) is 23.3. The number of nitrogens with one attached hydrogen (secondary N) is 1. The molecule has 0 rings (SSSR count). The number of hydrogen-bond acceptors (Lipinski definition) is 5. The minimum atomic E-state index is -4.35. The fourth-order valence-corrected chi connectivity index (χ4v) is 10.1. The van der Waals surface area contributed by atoms with Crippen LogP contribution in [-0.4, -0.2) is 73.4 Å². The Morgan fingerprint density at radius 3 is 1.10 bits per heavy atom. The number of amides is 1. The maximum absolute atomic E-state index is 13.0. The number of hydrogen-bond donors (Lipinski definition) is 3. The zero-order valence-corrected chi connectivity index (χ0v) is 48.4. The van der Waals surface area contributed by atoms with Crippen molar-refractivity contribution in [2.45, 2.75) is 321 Å². The van der Waals surface area contributed by atoms with Crippen LogP contribution in [0.15, 0.2) is 24.3 Å². The second-order valence-corrected chi connectivity index (χ2v) is 23.9. The van der Waals surface area contributed by atoms with E-state index in [0.717, 1.165) is 51.4 Å². The molecule has 3 N–H and O–H groups in total. The SMILES string of the molecule is CCCCCCCCC/C=C\CCCCCCCC(=O)NC(COP(=O)(O)OCC[N+](C)(C)C)C(O)/C=C/CCCCCCCCCCCCCCCCCCCCCCCCCCCCCCCC. The zero-order chi connectivity index (χ0) is 51.3. The average Bonchev–Trinajstić information content (AvgIpc) is 3.32. The van der Waals surface area contributed by atoms with Gasteiger partial charge in [0.25, 0.3) is 0 Å². The number of aliphatic hydroxyl groups excluding tert-OH is 1. The molecule has 416 valence electrons. The van der Waals surface area contributed by atoms with Gasteiger partial charge in [0.1, 0.15) is 13.2 Å². The predicted octanol–water partition coefficient (Wildman–Crippen LogP) is 18.8. The van der Waals surface area contributed by atoms with Crippen molar-refractivity contribution in [1.82, 2.24) is 5.32 Å². The molecule has 0 aliphatic rings. The van der Waals surface area contributed by atoms with E-state index in [1.807, 2.05) is 27.2 Å². The van der Waals surface area contributed by atoms with Gasteiger partial charge in [-0.3, -0.25) is 13.8 Å². The molecule has 3 unspecified atom stereocenters. The van der Waals surface area contributed by atoms with Crippen LogP contribution in [0.5, 0.6) is 0 Å². The van der Waals surface area contributed by atoms with Gasteiger partial charge in [-0.15, -0.1) is 0 Å². The van der Waals surface area contributed by atoms with E-state index >= 15 is 0 Å². The summed E-state index contributed by atoms with van der Waals surface area (Å²) in [6.45, 7) is 4.85. The van der Waals surface area contributed by atoms with Crippen LogP contribution < -0.4 is 5.32 Å². The molecule has 0 saturated carbocycles. The second kappa shape index (κ2) is 52.8. The van der Waals surface area contributed by atoms with Crippen LogP contribution in [0.4, 0.5) is 0 Å². The van der Waals surface area contributed by atoms with E-state index in [1.165, 1.54) is 238 Å². The third-order valence-electron chi connectivity index (χ3n) is 14.2. The Labute approximate surface area is 436 Å². The van der Waals surface area contributed by atoms with Crippen LogP contribution in [0.25, 0.3) is 0 Å². The van der Waals surface area contributed by atoms with Gasteiger partial charge in [-0.1, -0.05) is 282 Å². The summed E-state index contributed by atoms with van der Waals surface area (Å²) in [6.07, 6.45) is 67.3. The van der Waals surface area contributed by atoms with Gasteiger partial charge >= 0.3 is 7.82 Å². The summed E-state index contributed by atoms with van der Waals surface area (Å²) in [5.74, 6) is -0.181. The normalized spacial score (nSPS) is 14.0. The summed E-state index contributed by atoms with van der Waals surface area (Å²) < 4.78 is 23.7. The minimum absolute atomic E-state index is 0.0615. The first-order valence-corrected chi connectivity index (χ1v) is 32.2. The number of phosphoric ester groups is 1. The Morgan fingerprint density at radius 1 is 0.471 bits per heavy atom. The monoisotopic (exact) mass is 1010 g/mol. The molecule has 1 amide bonds. The first kappa shape index (κ1) is 69.0. The van der Waals surface area contributed by atoms with E-state index in [4.69, 9.17) is 9.05 Å². The van der Waals surface area contributed by atoms with Crippen molar-refractivity contribution >= 4 is 13.7 Å². The van der Waals surface area contributed by atoms with Crippen molar-refractivity contribution in [3.8, 4) is 0 Å². The van der Waals surface area contributed by atoms with Crippen LogP contribution in [0.1, 0.15) is 309 Å². The highest BCUT2D eigenvalue weighted by Crippen LogP contribution is 2.43. The van der Waals surface area contributed by atoms with Crippen LogP contribution in [-0.2, 0) is 18.4 Å². The van der Waals surface area contributed by atoms with Crippen molar-refractivity contribution in [3.05, 3.63) is 24.3 Å². The lowest BCUT2D eigenvalue weighted by atomic mass is 10.0. The van der Waals surface area contributed by atoms with Crippen LogP contribution in [0, 0.1) is 0 Å². The maximum atomic E-state index is 13.0. The number of carbonyl (C=O) groups is 1. The number of allylic oxidation sites excluding steroid dienone is 3. The third kappa shape index (κ3) is 54.7. The Morgan fingerprint density at radius 2 is 0.771 bits per heavy atom. The second-order valence-electron chi connectivity index (χ2n) is 22.4. The zero-order valence-electron chi connectivity index (χ0n) is 47.5. The molecule has 0 aromatic rings. The molecule has 0 heterocycles. The lowest BCUT2D eigenvalue weighted by Gasteiger charge is -2.25. The Balaban J connectivity index is 4.06. The topological polar surface area (TPSA) is 105 Å². The Hall–Kier alpha value is -1.02. The number of rotatable bonds is 57. The molecule has 0 saturated heterocycles. The standard InChI is InChI=1S/C61H121N2O6P/c1-6-8-10-12-14-16-18-20-22-24-25-26-27-28-29-30-31-32-33-34-35-36-37-38-39-40-42-44-46-48-50-52-54-60(64)59(58-69-70(66,67)68-57-56-63(3,4)5)62-61(65)55-53-51-49-47-45-43-41-23-21-19-17-15-13-11-9-7-2/h23,41,52,54,59-60,64H,6-22,24-40,42-51,53,55-58H2,1-5H3,(H-,62,65,66,67)/p+1/b41-23-,54-52+. The highest BCUT2D eigenvalue weighted by Gasteiger charge is 2.27. The smallest absolute Gasteiger partial charge is 0.387 e. The highest BCUT2D eigenvalue weighted by atomic mass is 31.2. The van der Waals surface area contributed by atoms with Gasteiger partial charge in [0, 0.05) is 6.42 Å². The Bertz CT molecular complexity index is 1190.